The maximum absolute atomic E-state index is 12.8. The molecule has 20 heavy (non-hydrogen) atoms. The van der Waals surface area contributed by atoms with Gasteiger partial charge in [-0.25, -0.2) is 0 Å². The second-order valence-corrected chi connectivity index (χ2v) is 4.00. The average molecular weight is 289 g/mol. The Morgan fingerprint density at radius 1 is 1.40 bits per heavy atom. The molecular formula is C13H14F3NO3. The summed E-state index contributed by atoms with van der Waals surface area (Å²) in [6.07, 6.45) is -3.80. The largest absolute Gasteiger partial charge is 0.493 e. The molecule has 0 aliphatic rings. The number of hydrogen-bond acceptors (Lipinski definition) is 3. The van der Waals surface area contributed by atoms with Gasteiger partial charge in [0.1, 0.15) is 12.0 Å². The summed E-state index contributed by atoms with van der Waals surface area (Å²) in [6, 6.07) is 3.09. The van der Waals surface area contributed by atoms with Crippen LogP contribution in [0.25, 0.3) is 0 Å². The van der Waals surface area contributed by atoms with Crippen molar-refractivity contribution in [2.24, 2.45) is 0 Å². The minimum absolute atomic E-state index is 0.0169. The first kappa shape index (κ1) is 16.0. The third-order valence-electron chi connectivity index (χ3n) is 2.53. The lowest BCUT2D eigenvalue weighted by molar-refractivity contribution is -0.139. The topological polar surface area (TPSA) is 55.4 Å². The number of carbonyl (C=O) groups is 2. The van der Waals surface area contributed by atoms with Crippen molar-refractivity contribution in [1.82, 2.24) is 5.32 Å². The van der Waals surface area contributed by atoms with E-state index in [1.807, 2.05) is 0 Å². The van der Waals surface area contributed by atoms with Gasteiger partial charge in [-0.1, -0.05) is 0 Å². The highest BCUT2D eigenvalue weighted by Crippen LogP contribution is 2.36. The van der Waals surface area contributed by atoms with Crippen LogP contribution in [-0.4, -0.2) is 25.8 Å². The molecule has 0 bridgehead atoms. The van der Waals surface area contributed by atoms with Crippen LogP contribution in [-0.2, 0) is 11.0 Å². The van der Waals surface area contributed by atoms with Crippen molar-refractivity contribution in [2.75, 3.05) is 13.7 Å². The highest BCUT2D eigenvalue weighted by Gasteiger charge is 2.34. The molecule has 4 nitrogen and oxygen atoms in total. The van der Waals surface area contributed by atoms with Crippen molar-refractivity contribution < 1.29 is 27.5 Å². The van der Waals surface area contributed by atoms with Crippen molar-refractivity contribution in [3.63, 3.8) is 0 Å². The summed E-state index contributed by atoms with van der Waals surface area (Å²) in [4.78, 5) is 21.5. The molecule has 1 aromatic carbocycles. The Labute approximate surface area is 113 Å². The van der Waals surface area contributed by atoms with Gasteiger partial charge in [0.2, 0.25) is 5.91 Å². The first-order valence-corrected chi connectivity index (χ1v) is 5.88. The fraction of sp³-hybridized carbons (Fsp3) is 0.385. The fourth-order valence-corrected chi connectivity index (χ4v) is 1.51. The van der Waals surface area contributed by atoms with Gasteiger partial charge in [-0.15, -0.1) is 0 Å². The normalized spacial score (nSPS) is 11.0. The van der Waals surface area contributed by atoms with Gasteiger partial charge in [0.25, 0.3) is 0 Å². The Balaban J connectivity index is 2.74. The SMILES string of the molecule is CNC(=O)CCCOc1ccc(C=O)cc1C(F)(F)F. The molecule has 0 saturated carbocycles. The summed E-state index contributed by atoms with van der Waals surface area (Å²) < 4.78 is 43.4. The Hall–Kier alpha value is -2.05. The van der Waals surface area contributed by atoms with Crippen LogP contribution in [0.3, 0.4) is 0 Å². The van der Waals surface area contributed by atoms with Crippen molar-refractivity contribution in [1.29, 1.82) is 0 Å². The van der Waals surface area contributed by atoms with Crippen molar-refractivity contribution in [2.45, 2.75) is 19.0 Å². The van der Waals surface area contributed by atoms with Gasteiger partial charge in [0.15, 0.2) is 0 Å². The van der Waals surface area contributed by atoms with E-state index in [2.05, 4.69) is 5.32 Å². The molecule has 0 spiro atoms. The number of benzene rings is 1. The van der Waals surface area contributed by atoms with Gasteiger partial charge in [0.05, 0.1) is 12.2 Å². The van der Waals surface area contributed by atoms with Gasteiger partial charge in [0, 0.05) is 19.0 Å². The number of amides is 1. The van der Waals surface area contributed by atoms with E-state index in [1.54, 1.807) is 0 Å². The molecule has 1 rings (SSSR count). The molecular weight excluding hydrogens is 275 g/mol. The molecule has 0 radical (unpaired) electrons. The molecule has 0 saturated heterocycles. The molecule has 0 aliphatic carbocycles. The lowest BCUT2D eigenvalue weighted by Crippen LogP contribution is -2.18. The monoisotopic (exact) mass is 289 g/mol. The van der Waals surface area contributed by atoms with Gasteiger partial charge in [-0.3, -0.25) is 9.59 Å². The van der Waals surface area contributed by atoms with Gasteiger partial charge in [-0.05, 0) is 24.6 Å². The summed E-state index contributed by atoms with van der Waals surface area (Å²) in [7, 11) is 1.48. The smallest absolute Gasteiger partial charge is 0.419 e. The average Bonchev–Trinajstić information content (AvgIpc) is 2.42. The second kappa shape index (κ2) is 6.93. The predicted molar refractivity (Wildman–Crippen MR) is 65.6 cm³/mol. The highest BCUT2D eigenvalue weighted by atomic mass is 19.4. The summed E-state index contributed by atoms with van der Waals surface area (Å²) in [5.74, 6) is -0.555. The minimum atomic E-state index is -4.60. The maximum Gasteiger partial charge on any atom is 0.419 e. The molecule has 0 unspecified atom stereocenters. The zero-order valence-electron chi connectivity index (χ0n) is 10.8. The number of aldehydes is 1. The molecule has 7 heteroatoms. The van der Waals surface area contributed by atoms with Crippen LogP contribution >= 0.6 is 0 Å². The van der Waals surface area contributed by atoms with E-state index in [0.29, 0.717) is 12.7 Å². The molecule has 0 aliphatic heterocycles. The van der Waals surface area contributed by atoms with Crippen molar-refractivity contribution in [3.05, 3.63) is 29.3 Å². The van der Waals surface area contributed by atoms with E-state index in [0.717, 1.165) is 12.1 Å². The Morgan fingerprint density at radius 2 is 2.10 bits per heavy atom. The van der Waals surface area contributed by atoms with Crippen LogP contribution in [0.2, 0.25) is 0 Å². The van der Waals surface area contributed by atoms with Crippen LogP contribution < -0.4 is 10.1 Å². The van der Waals surface area contributed by atoms with Crippen molar-refractivity contribution >= 4 is 12.2 Å². The quantitative estimate of drug-likeness (QED) is 0.646. The number of rotatable bonds is 6. The van der Waals surface area contributed by atoms with Crippen LogP contribution in [0, 0.1) is 0 Å². The van der Waals surface area contributed by atoms with E-state index in [-0.39, 0.29) is 30.2 Å². The van der Waals surface area contributed by atoms with E-state index in [1.165, 1.54) is 13.1 Å². The molecule has 0 heterocycles. The molecule has 0 fully saturated rings. The van der Waals surface area contributed by atoms with E-state index < -0.39 is 11.7 Å². The number of halogens is 3. The lowest BCUT2D eigenvalue weighted by atomic mass is 10.1. The molecule has 1 amide bonds. The number of nitrogens with one attached hydrogen (secondary N) is 1. The van der Waals surface area contributed by atoms with Crippen LogP contribution in [0.15, 0.2) is 18.2 Å². The molecule has 1 aromatic rings. The maximum atomic E-state index is 12.8. The van der Waals surface area contributed by atoms with Crippen LogP contribution in [0.4, 0.5) is 13.2 Å². The number of hydrogen-bond donors (Lipinski definition) is 1. The zero-order chi connectivity index (χ0) is 15.2. The second-order valence-electron chi connectivity index (χ2n) is 4.00. The van der Waals surface area contributed by atoms with Crippen LogP contribution in [0.1, 0.15) is 28.8 Å². The number of ether oxygens (including phenoxy) is 1. The third-order valence-corrected chi connectivity index (χ3v) is 2.53. The molecule has 110 valence electrons. The lowest BCUT2D eigenvalue weighted by Gasteiger charge is -2.14. The molecule has 1 N–H and O–H groups in total. The van der Waals surface area contributed by atoms with E-state index in [9.17, 15) is 22.8 Å². The van der Waals surface area contributed by atoms with Gasteiger partial charge in [-0.2, -0.15) is 13.2 Å². The fourth-order valence-electron chi connectivity index (χ4n) is 1.51. The summed E-state index contributed by atoms with van der Waals surface area (Å²) >= 11 is 0. The first-order valence-electron chi connectivity index (χ1n) is 5.88. The minimum Gasteiger partial charge on any atom is -0.493 e. The summed E-state index contributed by atoms with van der Waals surface area (Å²) in [5.41, 5.74) is -1.07. The predicted octanol–water partition coefficient (Wildman–Crippen LogP) is 2.42. The van der Waals surface area contributed by atoms with Gasteiger partial charge < -0.3 is 10.1 Å². The van der Waals surface area contributed by atoms with E-state index in [4.69, 9.17) is 4.74 Å². The third kappa shape index (κ3) is 4.56. The summed E-state index contributed by atoms with van der Waals surface area (Å²) in [5, 5.41) is 2.40. The van der Waals surface area contributed by atoms with Crippen molar-refractivity contribution in [3.8, 4) is 5.75 Å². The number of alkyl halides is 3. The standard InChI is InChI=1S/C13H14F3NO3/c1-17-12(19)3-2-6-20-11-5-4-9(8-18)7-10(11)13(14,15)16/h4-5,7-8H,2-3,6H2,1H3,(H,17,19). The number of carbonyl (C=O) groups excluding carboxylic acids is 2. The zero-order valence-corrected chi connectivity index (χ0v) is 10.8. The van der Waals surface area contributed by atoms with E-state index >= 15 is 0 Å². The Bertz CT molecular complexity index is 486. The van der Waals surface area contributed by atoms with Crippen LogP contribution in [0.5, 0.6) is 5.75 Å². The summed E-state index contributed by atoms with van der Waals surface area (Å²) in [6.45, 7) is -0.0169. The molecule has 0 atom stereocenters. The first-order chi connectivity index (χ1) is 9.38. The van der Waals surface area contributed by atoms with Gasteiger partial charge >= 0.3 is 6.18 Å². The Kier molecular flexibility index (Phi) is 5.54. The highest BCUT2D eigenvalue weighted by molar-refractivity contribution is 5.76. The Morgan fingerprint density at radius 3 is 2.65 bits per heavy atom. The molecule has 0 aromatic heterocycles.